The second kappa shape index (κ2) is 9.74. The van der Waals surface area contributed by atoms with Gasteiger partial charge in [-0.15, -0.1) is 11.3 Å². The molecule has 1 aliphatic heterocycles. The number of aryl methyl sites for hydroxylation is 2. The van der Waals surface area contributed by atoms with Crippen LogP contribution in [0.1, 0.15) is 39.5 Å². The molecule has 0 spiro atoms. The number of ether oxygens (including phenoxy) is 1. The molecule has 0 unspecified atom stereocenters. The quantitative estimate of drug-likeness (QED) is 0.530. The van der Waals surface area contributed by atoms with Crippen LogP contribution >= 0.6 is 11.3 Å². The molecule has 1 aromatic carbocycles. The normalized spacial score (nSPS) is 13.9. The maximum absolute atomic E-state index is 13.5. The molecule has 3 heterocycles. The van der Waals surface area contributed by atoms with Crippen LogP contribution in [0.2, 0.25) is 0 Å². The van der Waals surface area contributed by atoms with Gasteiger partial charge in [-0.05, 0) is 37.5 Å². The minimum Gasteiger partial charge on any atom is -0.495 e. The molecule has 7 nitrogen and oxygen atoms in total. The number of nitrogens with zero attached hydrogens (tertiary/aromatic N) is 4. The summed E-state index contributed by atoms with van der Waals surface area (Å²) in [6.45, 7) is 1.45. The third-order valence-corrected chi connectivity index (χ3v) is 6.16. The Bertz CT molecular complexity index is 1120. The van der Waals surface area contributed by atoms with Gasteiger partial charge in [-0.3, -0.25) is 4.79 Å². The maximum Gasteiger partial charge on any atom is 0.419 e. The van der Waals surface area contributed by atoms with Crippen molar-refractivity contribution in [1.82, 2.24) is 19.9 Å². The number of rotatable bonds is 7. The molecule has 0 radical (unpaired) electrons. The molecular formula is C22H22F3N5O2S. The van der Waals surface area contributed by atoms with Crippen LogP contribution in [0.15, 0.2) is 36.0 Å². The molecule has 1 saturated heterocycles. The van der Waals surface area contributed by atoms with Crippen molar-refractivity contribution in [1.29, 1.82) is 0 Å². The lowest BCUT2D eigenvalue weighted by molar-refractivity contribution is -0.138. The monoisotopic (exact) mass is 477 g/mol. The number of methoxy groups -OCH3 is 1. The van der Waals surface area contributed by atoms with E-state index in [1.807, 2.05) is 0 Å². The highest BCUT2D eigenvalue weighted by Gasteiger charge is 2.35. The molecule has 0 bridgehead atoms. The van der Waals surface area contributed by atoms with Gasteiger partial charge in [0.15, 0.2) is 0 Å². The summed E-state index contributed by atoms with van der Waals surface area (Å²) in [6, 6.07) is 4.90. The standard InChI is InChI=1S/C22H22F3N5O2S/c1-32-18-12-14(20(31)30-9-2-3-10-30)4-5-17(18)29-21-27-13-15(22(23,24)25)16(28-21)6-7-19-26-8-11-33-19/h4-5,8,11-13H,2-3,6-7,9-10H2,1H3,(H,27,28,29). The molecule has 174 valence electrons. The number of halogens is 3. The molecule has 33 heavy (non-hydrogen) atoms. The summed E-state index contributed by atoms with van der Waals surface area (Å²) in [5.41, 5.74) is -0.0593. The fourth-order valence-corrected chi connectivity index (χ4v) is 4.28. The van der Waals surface area contributed by atoms with Crippen LogP contribution in [0.5, 0.6) is 5.75 Å². The van der Waals surface area contributed by atoms with E-state index >= 15 is 0 Å². The van der Waals surface area contributed by atoms with Gasteiger partial charge >= 0.3 is 6.18 Å². The van der Waals surface area contributed by atoms with Crippen molar-refractivity contribution in [2.45, 2.75) is 31.9 Å². The molecule has 1 N–H and O–H groups in total. The van der Waals surface area contributed by atoms with Crippen molar-refractivity contribution in [3.63, 3.8) is 0 Å². The van der Waals surface area contributed by atoms with Gasteiger partial charge < -0.3 is 15.0 Å². The first kappa shape index (κ1) is 23.0. The minimum absolute atomic E-state index is 0.00839. The van der Waals surface area contributed by atoms with Crippen molar-refractivity contribution in [3.8, 4) is 5.75 Å². The molecule has 0 atom stereocenters. The number of carbonyl (C=O) groups is 1. The highest BCUT2D eigenvalue weighted by atomic mass is 32.1. The number of alkyl halides is 3. The van der Waals surface area contributed by atoms with E-state index in [0.717, 1.165) is 37.1 Å². The molecule has 1 aliphatic rings. The van der Waals surface area contributed by atoms with Crippen LogP contribution in [-0.2, 0) is 19.0 Å². The Morgan fingerprint density at radius 3 is 2.67 bits per heavy atom. The number of amides is 1. The fraction of sp³-hybridized carbons (Fsp3) is 0.364. The predicted molar refractivity (Wildman–Crippen MR) is 118 cm³/mol. The Kier molecular flexibility index (Phi) is 6.77. The SMILES string of the molecule is COc1cc(C(=O)N2CCCC2)ccc1Nc1ncc(C(F)(F)F)c(CCc2nccs2)n1. The van der Waals surface area contributed by atoms with E-state index in [2.05, 4.69) is 20.3 Å². The number of hydrogen-bond donors (Lipinski definition) is 1. The topological polar surface area (TPSA) is 80.2 Å². The number of aromatic nitrogens is 3. The summed E-state index contributed by atoms with van der Waals surface area (Å²) in [5, 5.41) is 5.43. The van der Waals surface area contributed by atoms with Crippen LogP contribution in [0, 0.1) is 0 Å². The summed E-state index contributed by atoms with van der Waals surface area (Å²) >= 11 is 1.38. The van der Waals surface area contributed by atoms with E-state index in [9.17, 15) is 18.0 Å². The van der Waals surface area contributed by atoms with Gasteiger partial charge in [0.25, 0.3) is 5.91 Å². The van der Waals surface area contributed by atoms with E-state index in [0.29, 0.717) is 23.4 Å². The summed E-state index contributed by atoms with van der Waals surface area (Å²) < 4.78 is 45.8. The smallest absolute Gasteiger partial charge is 0.419 e. The average molecular weight is 478 g/mol. The Morgan fingerprint density at radius 1 is 1.21 bits per heavy atom. The van der Waals surface area contributed by atoms with Gasteiger partial charge in [0.2, 0.25) is 5.95 Å². The Morgan fingerprint density at radius 2 is 2.00 bits per heavy atom. The summed E-state index contributed by atoms with van der Waals surface area (Å²) in [4.78, 5) is 26.5. The molecule has 0 aliphatic carbocycles. The average Bonchev–Trinajstić information content (AvgIpc) is 3.51. The van der Waals surface area contributed by atoms with Gasteiger partial charge in [0, 0.05) is 42.8 Å². The van der Waals surface area contributed by atoms with Crippen molar-refractivity contribution < 1.29 is 22.7 Å². The lowest BCUT2D eigenvalue weighted by Crippen LogP contribution is -2.27. The summed E-state index contributed by atoms with van der Waals surface area (Å²) in [5.74, 6) is 0.301. The van der Waals surface area contributed by atoms with E-state index in [4.69, 9.17) is 4.74 Å². The second-order valence-electron chi connectivity index (χ2n) is 7.52. The third kappa shape index (κ3) is 5.41. The minimum atomic E-state index is -4.56. The number of hydrogen-bond acceptors (Lipinski definition) is 7. The van der Waals surface area contributed by atoms with Crippen LogP contribution in [-0.4, -0.2) is 46.0 Å². The summed E-state index contributed by atoms with van der Waals surface area (Å²) in [6.07, 6.45) is 0.212. The number of likely N-dealkylation sites (tertiary alicyclic amines) is 1. The molecule has 1 amide bonds. The number of anilines is 2. The molecule has 3 aromatic rings. The van der Waals surface area contributed by atoms with Crippen LogP contribution in [0.4, 0.5) is 24.8 Å². The lowest BCUT2D eigenvalue weighted by Gasteiger charge is -2.17. The lowest BCUT2D eigenvalue weighted by atomic mass is 10.1. The Labute approximate surface area is 192 Å². The number of carbonyl (C=O) groups excluding carboxylic acids is 1. The van der Waals surface area contributed by atoms with Crippen molar-refractivity contribution in [2.75, 3.05) is 25.5 Å². The highest BCUT2D eigenvalue weighted by molar-refractivity contribution is 7.09. The number of benzene rings is 1. The largest absolute Gasteiger partial charge is 0.495 e. The van der Waals surface area contributed by atoms with E-state index < -0.39 is 11.7 Å². The summed E-state index contributed by atoms with van der Waals surface area (Å²) in [7, 11) is 1.46. The first-order chi connectivity index (χ1) is 15.8. The molecule has 2 aromatic heterocycles. The van der Waals surface area contributed by atoms with Gasteiger partial charge in [-0.25, -0.2) is 15.0 Å². The predicted octanol–water partition coefficient (Wildman–Crippen LogP) is 4.73. The van der Waals surface area contributed by atoms with Gasteiger partial charge in [-0.1, -0.05) is 0 Å². The first-order valence-electron chi connectivity index (χ1n) is 10.4. The van der Waals surface area contributed by atoms with Crippen LogP contribution in [0.3, 0.4) is 0 Å². The fourth-order valence-electron chi connectivity index (χ4n) is 3.66. The van der Waals surface area contributed by atoms with Gasteiger partial charge in [0.05, 0.1) is 29.1 Å². The zero-order chi connectivity index (χ0) is 23.4. The van der Waals surface area contributed by atoms with Crippen molar-refractivity contribution in [3.05, 3.63) is 57.8 Å². The van der Waals surface area contributed by atoms with Gasteiger partial charge in [0.1, 0.15) is 5.75 Å². The van der Waals surface area contributed by atoms with Crippen LogP contribution in [0.25, 0.3) is 0 Å². The second-order valence-corrected chi connectivity index (χ2v) is 8.50. The number of thiazole rings is 1. The van der Waals surface area contributed by atoms with E-state index in [1.165, 1.54) is 18.4 Å². The Balaban J connectivity index is 1.57. The molecule has 1 fully saturated rings. The van der Waals surface area contributed by atoms with Crippen molar-refractivity contribution in [2.24, 2.45) is 0 Å². The maximum atomic E-state index is 13.5. The molecule has 4 rings (SSSR count). The number of nitrogens with one attached hydrogen (secondary N) is 1. The van der Waals surface area contributed by atoms with Crippen LogP contribution < -0.4 is 10.1 Å². The van der Waals surface area contributed by atoms with Gasteiger partial charge in [-0.2, -0.15) is 13.2 Å². The van der Waals surface area contributed by atoms with Crippen molar-refractivity contribution >= 4 is 28.9 Å². The zero-order valence-electron chi connectivity index (χ0n) is 17.9. The molecule has 0 saturated carbocycles. The third-order valence-electron chi connectivity index (χ3n) is 5.32. The Hall–Kier alpha value is -3.21. The first-order valence-corrected chi connectivity index (χ1v) is 11.3. The zero-order valence-corrected chi connectivity index (χ0v) is 18.7. The van der Waals surface area contributed by atoms with E-state index in [-0.39, 0.29) is 24.0 Å². The highest BCUT2D eigenvalue weighted by Crippen LogP contribution is 2.33. The molecular weight excluding hydrogens is 455 g/mol. The molecule has 11 heteroatoms. The van der Waals surface area contributed by atoms with E-state index in [1.54, 1.807) is 34.7 Å².